The molecule has 6 heteroatoms. The van der Waals surface area contributed by atoms with Crippen molar-refractivity contribution in [2.24, 2.45) is 0 Å². The zero-order valence-electron chi connectivity index (χ0n) is 16.0. The van der Waals surface area contributed by atoms with Gasteiger partial charge in [0.15, 0.2) is 5.11 Å². The van der Waals surface area contributed by atoms with Gasteiger partial charge in [0.2, 0.25) is 5.91 Å². The fourth-order valence-electron chi connectivity index (χ4n) is 3.83. The first kappa shape index (κ1) is 18.7. The highest BCUT2D eigenvalue weighted by Gasteiger charge is 2.21. The van der Waals surface area contributed by atoms with Crippen molar-refractivity contribution in [2.75, 3.05) is 34.8 Å². The number of carbonyl (C=O) groups is 1. The van der Waals surface area contributed by atoms with Gasteiger partial charge in [-0.15, -0.1) is 0 Å². The molecule has 4 rings (SSSR count). The molecule has 2 aromatic carbocycles. The van der Waals surface area contributed by atoms with Crippen LogP contribution >= 0.6 is 12.2 Å². The largest absolute Gasteiger partial charge is 0.372 e. The van der Waals surface area contributed by atoms with Gasteiger partial charge in [0.25, 0.3) is 0 Å². The van der Waals surface area contributed by atoms with Crippen molar-refractivity contribution >= 4 is 40.3 Å². The van der Waals surface area contributed by atoms with E-state index in [-0.39, 0.29) is 5.91 Å². The van der Waals surface area contributed by atoms with Crippen LogP contribution in [0, 0.1) is 0 Å². The molecule has 5 nitrogen and oxygen atoms in total. The lowest BCUT2D eigenvalue weighted by Crippen LogP contribution is -2.28. The Balaban J connectivity index is 1.30. The highest BCUT2D eigenvalue weighted by molar-refractivity contribution is 7.80. The normalized spacial score (nSPS) is 16.5. The van der Waals surface area contributed by atoms with Gasteiger partial charge in [-0.25, -0.2) is 0 Å². The first-order chi connectivity index (χ1) is 13.7. The van der Waals surface area contributed by atoms with E-state index in [1.54, 1.807) is 0 Å². The molecule has 28 heavy (non-hydrogen) atoms. The van der Waals surface area contributed by atoms with Crippen LogP contribution in [-0.2, 0) is 11.3 Å². The number of hydrogen-bond donors (Lipinski definition) is 2. The van der Waals surface area contributed by atoms with E-state index >= 15 is 0 Å². The van der Waals surface area contributed by atoms with Crippen LogP contribution in [0.25, 0.3) is 0 Å². The summed E-state index contributed by atoms with van der Waals surface area (Å²) in [6.45, 7) is 3.79. The zero-order chi connectivity index (χ0) is 19.3. The first-order valence-corrected chi connectivity index (χ1v) is 10.4. The zero-order valence-corrected chi connectivity index (χ0v) is 16.8. The Labute approximate surface area is 171 Å². The minimum absolute atomic E-state index is 0.190. The third-order valence-corrected chi connectivity index (χ3v) is 5.60. The number of hydrogen-bond acceptors (Lipinski definition) is 3. The van der Waals surface area contributed by atoms with E-state index in [0.29, 0.717) is 18.1 Å². The molecule has 0 radical (unpaired) electrons. The molecule has 146 valence electrons. The number of carbonyl (C=O) groups excluding carboxylic acids is 1. The minimum atomic E-state index is 0.190. The maximum Gasteiger partial charge on any atom is 0.227 e. The number of rotatable bonds is 5. The summed E-state index contributed by atoms with van der Waals surface area (Å²) in [6, 6.07) is 16.5. The lowest BCUT2D eigenvalue weighted by atomic mass is 10.2. The van der Waals surface area contributed by atoms with Crippen molar-refractivity contribution in [3.05, 3.63) is 54.1 Å². The number of nitrogens with zero attached hydrogens (tertiary/aromatic N) is 2. The van der Waals surface area contributed by atoms with Gasteiger partial charge >= 0.3 is 0 Å². The fourth-order valence-corrected chi connectivity index (χ4v) is 4.02. The predicted octanol–water partition coefficient (Wildman–Crippen LogP) is 3.90. The third-order valence-electron chi connectivity index (χ3n) is 5.35. The van der Waals surface area contributed by atoms with E-state index < -0.39 is 0 Å². The Kier molecular flexibility index (Phi) is 5.76. The van der Waals surface area contributed by atoms with Gasteiger partial charge in [-0.2, -0.15) is 0 Å². The maximum atomic E-state index is 11.9. The lowest BCUT2D eigenvalue weighted by Gasteiger charge is -2.18. The van der Waals surface area contributed by atoms with E-state index in [2.05, 4.69) is 39.8 Å². The maximum absolute atomic E-state index is 11.9. The summed E-state index contributed by atoms with van der Waals surface area (Å²) in [5.74, 6) is 0.190. The quantitative estimate of drug-likeness (QED) is 0.753. The van der Waals surface area contributed by atoms with Crippen LogP contribution < -0.4 is 20.4 Å². The van der Waals surface area contributed by atoms with E-state index in [9.17, 15) is 4.79 Å². The van der Waals surface area contributed by atoms with Crippen molar-refractivity contribution in [1.29, 1.82) is 0 Å². The van der Waals surface area contributed by atoms with Crippen LogP contribution in [0.3, 0.4) is 0 Å². The molecule has 2 fully saturated rings. The topological polar surface area (TPSA) is 47.6 Å². The van der Waals surface area contributed by atoms with E-state index in [1.165, 1.54) is 24.1 Å². The molecule has 2 saturated heterocycles. The average molecular weight is 395 g/mol. The van der Waals surface area contributed by atoms with E-state index in [1.807, 2.05) is 29.2 Å². The summed E-state index contributed by atoms with van der Waals surface area (Å²) in [4.78, 5) is 16.2. The van der Waals surface area contributed by atoms with Crippen LogP contribution in [0.15, 0.2) is 48.5 Å². The van der Waals surface area contributed by atoms with Gasteiger partial charge in [0.05, 0.1) is 0 Å². The predicted molar refractivity (Wildman–Crippen MR) is 119 cm³/mol. The monoisotopic (exact) mass is 394 g/mol. The van der Waals surface area contributed by atoms with Crippen LogP contribution in [0.4, 0.5) is 17.1 Å². The molecule has 1 amide bonds. The molecule has 0 aromatic heterocycles. The molecular weight excluding hydrogens is 368 g/mol. The molecule has 0 spiro atoms. The summed E-state index contributed by atoms with van der Waals surface area (Å²) in [6.07, 6.45) is 4.13. The summed E-state index contributed by atoms with van der Waals surface area (Å²) in [7, 11) is 0. The summed E-state index contributed by atoms with van der Waals surface area (Å²) >= 11 is 5.44. The molecule has 2 aliphatic rings. The highest BCUT2D eigenvalue weighted by Crippen LogP contribution is 2.24. The van der Waals surface area contributed by atoms with Crippen molar-refractivity contribution < 1.29 is 4.79 Å². The number of benzene rings is 2. The third kappa shape index (κ3) is 4.44. The number of anilines is 3. The summed E-state index contributed by atoms with van der Waals surface area (Å²) in [5.41, 5.74) is 4.31. The van der Waals surface area contributed by atoms with Gasteiger partial charge < -0.3 is 20.4 Å². The average Bonchev–Trinajstić information content (AvgIpc) is 3.39. The van der Waals surface area contributed by atoms with Crippen molar-refractivity contribution in [3.63, 3.8) is 0 Å². The SMILES string of the molecule is O=C1CCCN1c1cccc(NC(=S)NCc2ccc(N3CCCC3)cc2)c1. The Hall–Kier alpha value is -2.60. The molecular formula is C22H26N4OS. The second-order valence-electron chi connectivity index (χ2n) is 7.37. The number of amides is 1. The van der Waals surface area contributed by atoms with Crippen molar-refractivity contribution in [2.45, 2.75) is 32.2 Å². The Morgan fingerprint density at radius 2 is 1.75 bits per heavy atom. The Morgan fingerprint density at radius 3 is 2.46 bits per heavy atom. The van der Waals surface area contributed by atoms with Gasteiger partial charge in [0, 0.05) is 49.7 Å². The van der Waals surface area contributed by atoms with Crippen molar-refractivity contribution in [1.82, 2.24) is 5.32 Å². The molecule has 0 atom stereocenters. The lowest BCUT2D eigenvalue weighted by molar-refractivity contribution is -0.117. The van der Waals surface area contributed by atoms with E-state index in [0.717, 1.165) is 37.4 Å². The van der Waals surface area contributed by atoms with Gasteiger partial charge in [0.1, 0.15) is 0 Å². The van der Waals surface area contributed by atoms with Gasteiger partial charge in [-0.3, -0.25) is 4.79 Å². The van der Waals surface area contributed by atoms with Crippen LogP contribution in [0.2, 0.25) is 0 Å². The van der Waals surface area contributed by atoms with Crippen LogP contribution in [-0.4, -0.2) is 30.7 Å². The molecule has 0 bridgehead atoms. The molecule has 2 N–H and O–H groups in total. The first-order valence-electron chi connectivity index (χ1n) is 9.98. The summed E-state index contributed by atoms with van der Waals surface area (Å²) in [5, 5.41) is 7.06. The van der Waals surface area contributed by atoms with Gasteiger partial charge in [-0.05, 0) is 67.4 Å². The van der Waals surface area contributed by atoms with Crippen LogP contribution in [0.1, 0.15) is 31.2 Å². The number of nitrogens with one attached hydrogen (secondary N) is 2. The minimum Gasteiger partial charge on any atom is -0.372 e. The molecule has 2 aliphatic heterocycles. The Morgan fingerprint density at radius 1 is 0.964 bits per heavy atom. The molecule has 0 saturated carbocycles. The molecule has 0 aliphatic carbocycles. The Bertz CT molecular complexity index is 846. The van der Waals surface area contributed by atoms with Crippen LogP contribution in [0.5, 0.6) is 0 Å². The standard InChI is InChI=1S/C22H26N4OS/c27-21-7-4-14-26(21)20-6-3-5-18(15-20)24-22(28)23-16-17-8-10-19(11-9-17)25-12-1-2-13-25/h3,5-6,8-11,15H,1-2,4,7,12-14,16H2,(H2,23,24,28). The summed E-state index contributed by atoms with van der Waals surface area (Å²) < 4.78 is 0. The second kappa shape index (κ2) is 8.61. The fraction of sp³-hybridized carbons (Fsp3) is 0.364. The number of thiocarbonyl (C=S) groups is 1. The van der Waals surface area contributed by atoms with Crippen molar-refractivity contribution in [3.8, 4) is 0 Å². The van der Waals surface area contributed by atoms with Gasteiger partial charge in [-0.1, -0.05) is 18.2 Å². The highest BCUT2D eigenvalue weighted by atomic mass is 32.1. The molecule has 0 unspecified atom stereocenters. The second-order valence-corrected chi connectivity index (χ2v) is 7.78. The van der Waals surface area contributed by atoms with E-state index in [4.69, 9.17) is 12.2 Å². The smallest absolute Gasteiger partial charge is 0.227 e. The molecule has 2 aromatic rings. The molecule has 2 heterocycles.